The Morgan fingerprint density at radius 3 is 2.46 bits per heavy atom. The molecule has 0 saturated carbocycles. The highest BCUT2D eigenvalue weighted by molar-refractivity contribution is 7.99. The molecule has 28 heavy (non-hydrogen) atoms. The average Bonchev–Trinajstić information content (AvgIpc) is 2.70. The molecule has 150 valence electrons. The van der Waals surface area contributed by atoms with Crippen molar-refractivity contribution in [1.82, 2.24) is 5.32 Å². The Labute approximate surface area is 169 Å². The standard InChI is InChI=1S/C21H25FN2O3S/c1-2-27-13-3-12-23-21(26)17-6-4-16(5-7-17)14-28-15-20(25)24-19-10-8-18(22)9-11-19/h4-11H,2-3,12-15H2,1H3,(H,23,26)(H,24,25). The van der Waals surface area contributed by atoms with Crippen molar-refractivity contribution in [3.05, 3.63) is 65.5 Å². The van der Waals surface area contributed by atoms with Crippen molar-refractivity contribution in [2.45, 2.75) is 19.1 Å². The zero-order valence-corrected chi connectivity index (χ0v) is 16.7. The maximum Gasteiger partial charge on any atom is 0.251 e. The fourth-order valence-electron chi connectivity index (χ4n) is 2.37. The highest BCUT2D eigenvalue weighted by atomic mass is 32.2. The predicted octanol–water partition coefficient (Wildman–Crippen LogP) is 3.85. The number of halogens is 1. The topological polar surface area (TPSA) is 67.4 Å². The Morgan fingerprint density at radius 1 is 1.07 bits per heavy atom. The molecule has 0 aliphatic heterocycles. The number of rotatable bonds is 11. The lowest BCUT2D eigenvalue weighted by atomic mass is 10.1. The highest BCUT2D eigenvalue weighted by Crippen LogP contribution is 2.14. The van der Waals surface area contributed by atoms with E-state index in [1.807, 2.05) is 19.1 Å². The van der Waals surface area contributed by atoms with Crippen LogP contribution in [0.5, 0.6) is 0 Å². The molecule has 2 rings (SSSR count). The molecule has 7 heteroatoms. The zero-order valence-electron chi connectivity index (χ0n) is 15.9. The van der Waals surface area contributed by atoms with Gasteiger partial charge in [0.05, 0.1) is 5.75 Å². The van der Waals surface area contributed by atoms with Crippen LogP contribution in [0, 0.1) is 5.82 Å². The highest BCUT2D eigenvalue weighted by Gasteiger charge is 2.06. The Balaban J connectivity index is 1.68. The number of carbonyl (C=O) groups excluding carboxylic acids is 2. The molecule has 2 aromatic carbocycles. The Morgan fingerprint density at radius 2 is 1.79 bits per heavy atom. The van der Waals surface area contributed by atoms with Gasteiger partial charge < -0.3 is 15.4 Å². The second-order valence-electron chi connectivity index (χ2n) is 6.05. The first-order chi connectivity index (χ1) is 13.6. The average molecular weight is 405 g/mol. The lowest BCUT2D eigenvalue weighted by Gasteiger charge is -2.07. The van der Waals surface area contributed by atoms with Crippen LogP contribution in [0.3, 0.4) is 0 Å². The monoisotopic (exact) mass is 404 g/mol. The number of carbonyl (C=O) groups is 2. The molecule has 0 spiro atoms. The van der Waals surface area contributed by atoms with Gasteiger partial charge in [-0.3, -0.25) is 9.59 Å². The van der Waals surface area contributed by atoms with E-state index in [9.17, 15) is 14.0 Å². The quantitative estimate of drug-likeness (QED) is 0.558. The Kier molecular flexibility index (Phi) is 9.51. The summed E-state index contributed by atoms with van der Waals surface area (Å²) >= 11 is 1.47. The minimum Gasteiger partial charge on any atom is -0.382 e. The summed E-state index contributed by atoms with van der Waals surface area (Å²) in [5, 5.41) is 5.58. The summed E-state index contributed by atoms with van der Waals surface area (Å²) in [5.41, 5.74) is 2.22. The molecule has 0 saturated heterocycles. The van der Waals surface area contributed by atoms with Crippen LogP contribution in [-0.4, -0.2) is 37.3 Å². The lowest BCUT2D eigenvalue weighted by Crippen LogP contribution is -2.25. The van der Waals surface area contributed by atoms with Gasteiger partial charge in [-0.1, -0.05) is 12.1 Å². The molecule has 0 heterocycles. The molecule has 5 nitrogen and oxygen atoms in total. The summed E-state index contributed by atoms with van der Waals surface area (Å²) < 4.78 is 18.1. The second-order valence-corrected chi connectivity index (χ2v) is 7.04. The van der Waals surface area contributed by atoms with Gasteiger partial charge in [-0.2, -0.15) is 0 Å². The lowest BCUT2D eigenvalue weighted by molar-refractivity contribution is -0.113. The predicted molar refractivity (Wildman–Crippen MR) is 111 cm³/mol. The zero-order chi connectivity index (χ0) is 20.2. The summed E-state index contributed by atoms with van der Waals surface area (Å²) in [6.07, 6.45) is 0.786. The van der Waals surface area contributed by atoms with Gasteiger partial charge in [-0.15, -0.1) is 11.8 Å². The molecule has 0 atom stereocenters. The van der Waals surface area contributed by atoms with Crippen LogP contribution in [0.1, 0.15) is 29.3 Å². The van der Waals surface area contributed by atoms with Gasteiger partial charge in [0, 0.05) is 36.8 Å². The smallest absolute Gasteiger partial charge is 0.251 e. The van der Waals surface area contributed by atoms with Crippen molar-refractivity contribution in [2.75, 3.05) is 30.8 Å². The number of thioether (sulfide) groups is 1. The molecular formula is C21H25FN2O3S. The van der Waals surface area contributed by atoms with Gasteiger partial charge in [0.2, 0.25) is 5.91 Å². The third-order valence-corrected chi connectivity index (χ3v) is 4.80. The van der Waals surface area contributed by atoms with Crippen LogP contribution in [0.25, 0.3) is 0 Å². The molecule has 2 N–H and O–H groups in total. The molecule has 0 bridgehead atoms. The Bertz CT molecular complexity index is 751. The maximum absolute atomic E-state index is 12.9. The third-order valence-electron chi connectivity index (χ3n) is 3.80. The summed E-state index contributed by atoms with van der Waals surface area (Å²) in [6.45, 7) is 3.85. The van der Waals surface area contributed by atoms with Gasteiger partial charge in [0.1, 0.15) is 5.82 Å². The first-order valence-corrected chi connectivity index (χ1v) is 10.3. The van der Waals surface area contributed by atoms with Crippen molar-refractivity contribution in [1.29, 1.82) is 0 Å². The van der Waals surface area contributed by atoms with Crippen molar-refractivity contribution in [3.8, 4) is 0 Å². The van der Waals surface area contributed by atoms with E-state index >= 15 is 0 Å². The van der Waals surface area contributed by atoms with Gasteiger partial charge in [-0.05, 0) is 55.3 Å². The van der Waals surface area contributed by atoms with Gasteiger partial charge >= 0.3 is 0 Å². The van der Waals surface area contributed by atoms with E-state index in [4.69, 9.17) is 4.74 Å². The number of hydrogen-bond donors (Lipinski definition) is 2. The first kappa shape index (κ1) is 21.9. The normalized spacial score (nSPS) is 10.5. The fraction of sp³-hybridized carbons (Fsp3) is 0.333. The van der Waals surface area contributed by atoms with E-state index in [1.54, 1.807) is 12.1 Å². The van der Waals surface area contributed by atoms with E-state index < -0.39 is 0 Å². The van der Waals surface area contributed by atoms with Crippen molar-refractivity contribution in [3.63, 3.8) is 0 Å². The molecule has 2 amide bonds. The number of benzene rings is 2. The van der Waals surface area contributed by atoms with Crippen molar-refractivity contribution in [2.24, 2.45) is 0 Å². The number of amides is 2. The third kappa shape index (κ3) is 8.10. The van der Waals surface area contributed by atoms with Gasteiger partial charge in [-0.25, -0.2) is 4.39 Å². The van der Waals surface area contributed by atoms with Crippen LogP contribution < -0.4 is 10.6 Å². The van der Waals surface area contributed by atoms with Crippen molar-refractivity contribution < 1.29 is 18.7 Å². The van der Waals surface area contributed by atoms with E-state index in [-0.39, 0.29) is 17.6 Å². The summed E-state index contributed by atoms with van der Waals surface area (Å²) in [7, 11) is 0. The Hall–Kier alpha value is -2.38. The van der Waals surface area contributed by atoms with E-state index in [0.717, 1.165) is 12.0 Å². The number of hydrogen-bond acceptors (Lipinski definition) is 4. The molecular weight excluding hydrogens is 379 g/mol. The van der Waals surface area contributed by atoms with E-state index in [1.165, 1.54) is 36.0 Å². The van der Waals surface area contributed by atoms with Crippen molar-refractivity contribution >= 4 is 29.3 Å². The van der Waals surface area contributed by atoms with Gasteiger partial charge in [0.15, 0.2) is 0 Å². The maximum atomic E-state index is 12.9. The van der Waals surface area contributed by atoms with Crippen LogP contribution >= 0.6 is 11.8 Å². The molecule has 0 unspecified atom stereocenters. The minimum absolute atomic E-state index is 0.102. The van der Waals surface area contributed by atoms with Crippen LogP contribution in [0.4, 0.5) is 10.1 Å². The second kappa shape index (κ2) is 12.2. The summed E-state index contributed by atoms with van der Waals surface area (Å²) in [6, 6.07) is 13.0. The molecule has 0 aliphatic rings. The first-order valence-electron chi connectivity index (χ1n) is 9.16. The molecule has 2 aromatic rings. The molecule has 0 fully saturated rings. The van der Waals surface area contributed by atoms with Crippen LogP contribution in [-0.2, 0) is 15.3 Å². The molecule has 0 aliphatic carbocycles. The van der Waals surface area contributed by atoms with Crippen LogP contribution in [0.15, 0.2) is 48.5 Å². The van der Waals surface area contributed by atoms with Gasteiger partial charge in [0.25, 0.3) is 5.91 Å². The fourth-order valence-corrected chi connectivity index (χ4v) is 3.15. The molecule has 0 radical (unpaired) electrons. The summed E-state index contributed by atoms with van der Waals surface area (Å²) in [5.74, 6) is 0.371. The van der Waals surface area contributed by atoms with E-state index in [2.05, 4.69) is 10.6 Å². The largest absolute Gasteiger partial charge is 0.382 e. The minimum atomic E-state index is -0.338. The van der Waals surface area contributed by atoms with E-state index in [0.29, 0.717) is 42.5 Å². The number of ether oxygens (including phenoxy) is 1. The molecule has 0 aromatic heterocycles. The number of nitrogens with one attached hydrogen (secondary N) is 2. The SMILES string of the molecule is CCOCCCNC(=O)c1ccc(CSCC(=O)Nc2ccc(F)cc2)cc1. The van der Waals surface area contributed by atoms with Crippen LogP contribution in [0.2, 0.25) is 0 Å². The summed E-state index contributed by atoms with van der Waals surface area (Å²) in [4.78, 5) is 24.0. The number of anilines is 1.